The highest BCUT2D eigenvalue weighted by Crippen LogP contribution is 2.60. The number of carbonyl (C=O) groups excluding carboxylic acids is 2. The fourth-order valence-corrected chi connectivity index (χ4v) is 13.7. The Morgan fingerprint density at radius 1 is 0.966 bits per heavy atom. The SMILES string of the molecule is COc1ccc([Si](C)(C)[C@H]2[C@H](CCn3cc(C(CO)c4ccccc4)nn3)O[C@@]3(C(=O)N(Cc4ccc(NC(=O)c5ccccc5)cc4)c4ccc(Br)cc43)[C@@H]2C)cc1. The highest BCUT2D eigenvalue weighted by atomic mass is 79.9. The summed E-state index contributed by atoms with van der Waals surface area (Å²) in [7, 11) is -0.709. The quantitative estimate of drug-likeness (QED) is 0.112. The smallest absolute Gasteiger partial charge is 0.264 e. The molecule has 12 heteroatoms. The molecule has 0 aliphatic carbocycles. The maximum atomic E-state index is 15.3. The highest BCUT2D eigenvalue weighted by Gasteiger charge is 2.66. The fourth-order valence-electron chi connectivity index (χ4n) is 9.28. The number of aromatic nitrogens is 3. The second kappa shape index (κ2) is 16.7. The van der Waals surface area contributed by atoms with Gasteiger partial charge in [-0.15, -0.1) is 5.10 Å². The van der Waals surface area contributed by atoms with E-state index in [-0.39, 0.29) is 41.9 Å². The van der Waals surface area contributed by atoms with Crippen LogP contribution in [-0.4, -0.2) is 59.8 Å². The minimum atomic E-state index is -2.38. The van der Waals surface area contributed by atoms with E-state index in [4.69, 9.17) is 9.47 Å². The number of halogens is 1. The lowest BCUT2D eigenvalue weighted by Crippen LogP contribution is -2.51. The molecule has 2 aliphatic rings. The van der Waals surface area contributed by atoms with Gasteiger partial charge >= 0.3 is 0 Å². The van der Waals surface area contributed by atoms with Crippen molar-refractivity contribution in [2.45, 2.75) is 62.7 Å². The molecule has 1 fully saturated rings. The zero-order valence-corrected chi connectivity index (χ0v) is 36.2. The van der Waals surface area contributed by atoms with E-state index in [0.29, 0.717) is 36.5 Å². The molecule has 8 rings (SSSR count). The molecule has 59 heavy (non-hydrogen) atoms. The molecule has 1 spiro atoms. The largest absolute Gasteiger partial charge is 0.497 e. The first-order valence-corrected chi connectivity index (χ1v) is 23.9. The van der Waals surface area contributed by atoms with Crippen molar-refractivity contribution in [3.05, 3.63) is 166 Å². The lowest BCUT2D eigenvalue weighted by atomic mass is 9.82. The number of aliphatic hydroxyl groups excluding tert-OH is 1. The van der Waals surface area contributed by atoms with E-state index >= 15 is 4.79 Å². The number of fused-ring (bicyclic) bond motifs is 2. The lowest BCUT2D eigenvalue weighted by molar-refractivity contribution is -0.146. The van der Waals surface area contributed by atoms with Crippen molar-refractivity contribution in [2.24, 2.45) is 5.92 Å². The fraction of sp³-hybridized carbons (Fsp3) is 0.277. The predicted molar refractivity (Wildman–Crippen MR) is 236 cm³/mol. The van der Waals surface area contributed by atoms with Crippen LogP contribution in [0.1, 0.15) is 52.0 Å². The van der Waals surface area contributed by atoms with E-state index in [1.54, 1.807) is 19.2 Å². The van der Waals surface area contributed by atoms with Crippen LogP contribution in [0, 0.1) is 5.92 Å². The average Bonchev–Trinajstić information content (AvgIpc) is 3.91. The summed E-state index contributed by atoms with van der Waals surface area (Å²) in [6.07, 6.45) is 2.23. The first kappa shape index (κ1) is 40.4. The molecule has 5 atom stereocenters. The van der Waals surface area contributed by atoms with E-state index in [2.05, 4.69) is 69.8 Å². The van der Waals surface area contributed by atoms with Crippen LogP contribution >= 0.6 is 15.9 Å². The Kier molecular flexibility index (Phi) is 11.4. The molecule has 0 bridgehead atoms. The number of ether oxygens (including phenoxy) is 2. The number of benzene rings is 5. The maximum Gasteiger partial charge on any atom is 0.264 e. The zero-order chi connectivity index (χ0) is 41.3. The summed E-state index contributed by atoms with van der Waals surface area (Å²) in [6, 6.07) is 41.0. The van der Waals surface area contributed by atoms with Gasteiger partial charge < -0.3 is 24.8 Å². The molecule has 0 saturated carbocycles. The van der Waals surface area contributed by atoms with Crippen LogP contribution in [-0.2, 0) is 28.2 Å². The Hall–Kier alpha value is -5.40. The van der Waals surface area contributed by atoms with Gasteiger partial charge in [-0.2, -0.15) is 0 Å². The Morgan fingerprint density at radius 2 is 1.66 bits per heavy atom. The number of aliphatic hydroxyl groups is 1. The number of hydrogen-bond acceptors (Lipinski definition) is 7. The average molecular weight is 871 g/mol. The van der Waals surface area contributed by atoms with Crippen molar-refractivity contribution in [3.63, 3.8) is 0 Å². The molecule has 2 amide bonds. The van der Waals surface area contributed by atoms with Crippen LogP contribution in [0.3, 0.4) is 0 Å². The molecule has 6 aromatic rings. The van der Waals surface area contributed by atoms with Crippen molar-refractivity contribution in [1.29, 1.82) is 0 Å². The van der Waals surface area contributed by atoms with Gasteiger partial charge in [0.25, 0.3) is 11.8 Å². The number of hydrogen-bond donors (Lipinski definition) is 2. The second-order valence-electron chi connectivity index (χ2n) is 16.1. The summed E-state index contributed by atoms with van der Waals surface area (Å²) < 4.78 is 15.6. The molecule has 10 nitrogen and oxygen atoms in total. The van der Waals surface area contributed by atoms with Crippen LogP contribution < -0.4 is 20.1 Å². The summed E-state index contributed by atoms with van der Waals surface area (Å²) in [5.74, 6) is 0.0705. The van der Waals surface area contributed by atoms with E-state index < -0.39 is 13.7 Å². The van der Waals surface area contributed by atoms with Crippen LogP contribution in [0.15, 0.2) is 138 Å². The summed E-state index contributed by atoms with van der Waals surface area (Å²) in [5.41, 5.74) is 4.36. The van der Waals surface area contributed by atoms with Gasteiger partial charge in [-0.1, -0.05) is 119 Å². The highest BCUT2D eigenvalue weighted by molar-refractivity contribution is 9.10. The molecular weight excluding hydrogens is 823 g/mol. The molecule has 2 N–H and O–H groups in total. The van der Waals surface area contributed by atoms with Gasteiger partial charge in [0, 0.05) is 39.9 Å². The summed E-state index contributed by atoms with van der Waals surface area (Å²) in [4.78, 5) is 30.0. The van der Waals surface area contributed by atoms with Crippen LogP contribution in [0.5, 0.6) is 5.75 Å². The molecule has 0 radical (unpaired) electrons. The Balaban J connectivity index is 1.10. The molecule has 3 heterocycles. The van der Waals surface area contributed by atoms with Crippen molar-refractivity contribution in [3.8, 4) is 5.75 Å². The molecule has 1 unspecified atom stereocenters. The van der Waals surface area contributed by atoms with E-state index in [1.165, 1.54) is 5.19 Å². The standard InChI is InChI=1S/C47H48BrN5O5Si/c1-31-44(59(3,4)38-22-20-37(57-2)21-23-38)43(25-26-52-29-41(50-51-52)39(30-54)33-11-7-5-8-12-33)58-47(31)40-27-35(48)17-24-42(40)53(46(47)56)28-32-15-18-36(19-16-32)49-45(55)34-13-9-6-10-14-34/h5-24,27,29,31,39,43-44,54H,25-26,28,30H2,1-4H3,(H,49,55)/t31-,39?,43+,44-,47+/m1/s1. The minimum absolute atomic E-state index is 0.0386. The number of nitrogens with one attached hydrogen (secondary N) is 1. The predicted octanol–water partition coefficient (Wildman–Crippen LogP) is 8.28. The van der Waals surface area contributed by atoms with E-state index in [1.807, 2.05) is 113 Å². The van der Waals surface area contributed by atoms with E-state index in [9.17, 15) is 9.90 Å². The first-order chi connectivity index (χ1) is 28.5. The van der Waals surface area contributed by atoms with Crippen LogP contribution in [0.4, 0.5) is 11.4 Å². The molecule has 302 valence electrons. The summed E-state index contributed by atoms with van der Waals surface area (Å²) in [6.45, 7) is 7.72. The van der Waals surface area contributed by atoms with Gasteiger partial charge in [-0.05, 0) is 77.7 Å². The van der Waals surface area contributed by atoms with Gasteiger partial charge in [0.1, 0.15) is 5.75 Å². The van der Waals surface area contributed by atoms with Crippen LogP contribution in [0.2, 0.25) is 18.6 Å². The minimum Gasteiger partial charge on any atom is -0.497 e. The van der Waals surface area contributed by atoms with Crippen molar-refractivity contribution in [2.75, 3.05) is 23.9 Å². The first-order valence-electron chi connectivity index (χ1n) is 20.0. The Bertz CT molecular complexity index is 2430. The van der Waals surface area contributed by atoms with Gasteiger partial charge in [-0.25, -0.2) is 0 Å². The van der Waals surface area contributed by atoms with E-state index in [0.717, 1.165) is 32.6 Å². The molecule has 1 aromatic heterocycles. The Morgan fingerprint density at radius 3 is 2.34 bits per heavy atom. The zero-order valence-electron chi connectivity index (χ0n) is 33.6. The van der Waals surface area contributed by atoms with Crippen molar-refractivity contribution in [1.82, 2.24) is 15.0 Å². The molecule has 1 saturated heterocycles. The Labute approximate surface area is 354 Å². The number of amides is 2. The number of rotatable bonds is 13. The number of anilines is 2. The second-order valence-corrected chi connectivity index (χ2v) is 21.7. The number of carbonyl (C=O) groups is 2. The summed E-state index contributed by atoms with van der Waals surface area (Å²) in [5, 5.41) is 23.5. The van der Waals surface area contributed by atoms with Gasteiger partial charge in [0.05, 0.1) is 51.7 Å². The summed E-state index contributed by atoms with van der Waals surface area (Å²) >= 11 is 3.72. The third-order valence-electron chi connectivity index (χ3n) is 12.3. The third kappa shape index (κ3) is 7.66. The molecule has 2 aliphatic heterocycles. The number of methoxy groups -OCH3 is 1. The number of aryl methyl sites for hydroxylation is 1. The van der Waals surface area contributed by atoms with Crippen molar-refractivity contribution < 1.29 is 24.2 Å². The van der Waals surface area contributed by atoms with Crippen molar-refractivity contribution >= 4 is 52.4 Å². The molecule has 5 aromatic carbocycles. The van der Waals surface area contributed by atoms with Gasteiger partial charge in [0.2, 0.25) is 0 Å². The normalized spacial score (nSPS) is 20.5. The molecular formula is C47H48BrN5O5Si. The topological polar surface area (TPSA) is 119 Å². The monoisotopic (exact) mass is 869 g/mol. The van der Waals surface area contributed by atoms with Gasteiger partial charge in [-0.3, -0.25) is 14.3 Å². The lowest BCUT2D eigenvalue weighted by Gasteiger charge is -2.37. The van der Waals surface area contributed by atoms with Gasteiger partial charge in [0.15, 0.2) is 5.60 Å². The number of nitrogens with zero attached hydrogens (tertiary/aromatic N) is 4. The van der Waals surface area contributed by atoms with Crippen LogP contribution in [0.25, 0.3) is 0 Å². The third-order valence-corrected chi connectivity index (χ3v) is 17.2. The maximum absolute atomic E-state index is 15.3.